The maximum absolute atomic E-state index is 11.1. The Morgan fingerprint density at radius 2 is 2.21 bits per heavy atom. The maximum atomic E-state index is 11.1. The lowest BCUT2D eigenvalue weighted by atomic mass is 9.65. The van der Waals surface area contributed by atoms with Gasteiger partial charge in [-0.2, -0.15) is 5.10 Å². The number of hydrogen-bond acceptors (Lipinski definition) is 2. The highest BCUT2D eigenvalue weighted by Crippen LogP contribution is 2.43. The molecule has 3 heteroatoms. The molecular formula is C16H28N2O. The van der Waals surface area contributed by atoms with E-state index in [0.717, 1.165) is 19.3 Å². The molecule has 0 aliphatic heterocycles. The fourth-order valence-electron chi connectivity index (χ4n) is 3.79. The normalized spacial score (nSPS) is 31.9. The Labute approximate surface area is 117 Å². The summed E-state index contributed by atoms with van der Waals surface area (Å²) in [5, 5.41) is 15.3. The molecule has 1 fully saturated rings. The average molecular weight is 264 g/mol. The number of aryl methyl sites for hydroxylation is 2. The average Bonchev–Trinajstić information content (AvgIpc) is 2.72. The first-order chi connectivity index (χ1) is 8.90. The summed E-state index contributed by atoms with van der Waals surface area (Å²) in [6.45, 7) is 6.76. The minimum Gasteiger partial charge on any atom is -0.390 e. The molecule has 1 aromatic heterocycles. The number of hydrogen-bond donors (Lipinski definition) is 1. The van der Waals surface area contributed by atoms with Crippen molar-refractivity contribution >= 4 is 0 Å². The van der Waals surface area contributed by atoms with Gasteiger partial charge in [-0.3, -0.25) is 4.68 Å². The van der Waals surface area contributed by atoms with E-state index in [1.54, 1.807) is 0 Å². The van der Waals surface area contributed by atoms with Crippen molar-refractivity contribution in [2.45, 2.75) is 58.5 Å². The summed E-state index contributed by atoms with van der Waals surface area (Å²) < 4.78 is 1.84. The number of aliphatic hydroxyl groups is 1. The second kappa shape index (κ2) is 5.66. The molecule has 0 spiro atoms. The van der Waals surface area contributed by atoms with Gasteiger partial charge < -0.3 is 5.11 Å². The molecule has 0 aromatic carbocycles. The smallest absolute Gasteiger partial charge is 0.0684 e. The van der Waals surface area contributed by atoms with Gasteiger partial charge in [-0.25, -0.2) is 0 Å². The Bertz CT molecular complexity index is 413. The van der Waals surface area contributed by atoms with E-state index in [9.17, 15) is 5.11 Å². The number of nitrogens with zero attached hydrogens (tertiary/aromatic N) is 2. The van der Waals surface area contributed by atoms with Crippen molar-refractivity contribution < 1.29 is 5.11 Å². The summed E-state index contributed by atoms with van der Waals surface area (Å²) in [6.07, 6.45) is 9.16. The zero-order valence-electron chi connectivity index (χ0n) is 12.8. The van der Waals surface area contributed by atoms with Gasteiger partial charge in [-0.1, -0.05) is 27.2 Å². The van der Waals surface area contributed by atoms with Crippen molar-refractivity contribution in [3.05, 3.63) is 18.0 Å². The first-order valence-corrected chi connectivity index (χ1v) is 7.60. The van der Waals surface area contributed by atoms with Crippen molar-refractivity contribution in [1.82, 2.24) is 9.78 Å². The van der Waals surface area contributed by atoms with Crippen molar-refractivity contribution in [3.8, 4) is 0 Å². The van der Waals surface area contributed by atoms with Gasteiger partial charge in [0.1, 0.15) is 0 Å². The fraction of sp³-hybridized carbons (Fsp3) is 0.812. The predicted molar refractivity (Wildman–Crippen MR) is 77.8 cm³/mol. The monoisotopic (exact) mass is 264 g/mol. The van der Waals surface area contributed by atoms with Crippen LogP contribution in [0.3, 0.4) is 0 Å². The Kier molecular flexibility index (Phi) is 4.34. The van der Waals surface area contributed by atoms with Gasteiger partial charge in [0.2, 0.25) is 0 Å². The van der Waals surface area contributed by atoms with E-state index >= 15 is 0 Å². The molecule has 108 valence electrons. The van der Waals surface area contributed by atoms with Gasteiger partial charge in [0, 0.05) is 13.2 Å². The van der Waals surface area contributed by atoms with Crippen LogP contribution in [0, 0.1) is 17.8 Å². The molecule has 1 aromatic rings. The zero-order chi connectivity index (χ0) is 14.0. The molecule has 0 radical (unpaired) electrons. The van der Waals surface area contributed by atoms with E-state index in [-0.39, 0.29) is 0 Å². The van der Waals surface area contributed by atoms with Crippen LogP contribution in [0.25, 0.3) is 0 Å². The van der Waals surface area contributed by atoms with Crippen molar-refractivity contribution in [1.29, 1.82) is 0 Å². The third-order valence-corrected chi connectivity index (χ3v) is 4.77. The molecule has 19 heavy (non-hydrogen) atoms. The Hall–Kier alpha value is -0.830. The standard InChI is InChI=1S/C16H28N2O/c1-12(2)15-6-5-13(3)9-16(15,19)8-7-14-10-17-18(4)11-14/h10-13,15,19H,5-9H2,1-4H3. The lowest BCUT2D eigenvalue weighted by Crippen LogP contribution is -2.45. The van der Waals surface area contributed by atoms with Gasteiger partial charge in [0.25, 0.3) is 0 Å². The van der Waals surface area contributed by atoms with Gasteiger partial charge in [-0.05, 0) is 49.0 Å². The summed E-state index contributed by atoms with van der Waals surface area (Å²) in [5.41, 5.74) is 0.749. The second-order valence-electron chi connectivity index (χ2n) is 6.86. The Balaban J connectivity index is 2.04. The third-order valence-electron chi connectivity index (χ3n) is 4.77. The van der Waals surface area contributed by atoms with E-state index in [4.69, 9.17) is 0 Å². The SMILES string of the molecule is CC1CCC(C(C)C)C(O)(CCc2cnn(C)c2)C1. The lowest BCUT2D eigenvalue weighted by Gasteiger charge is -2.45. The van der Waals surface area contributed by atoms with E-state index < -0.39 is 5.60 Å². The van der Waals surface area contributed by atoms with Crippen LogP contribution in [-0.2, 0) is 13.5 Å². The van der Waals surface area contributed by atoms with E-state index in [1.807, 2.05) is 17.9 Å². The lowest BCUT2D eigenvalue weighted by molar-refractivity contribution is -0.0855. The summed E-state index contributed by atoms with van der Waals surface area (Å²) >= 11 is 0. The molecule has 2 rings (SSSR count). The highest BCUT2D eigenvalue weighted by molar-refractivity contribution is 5.06. The molecule has 1 aliphatic carbocycles. The number of aromatic nitrogens is 2. The van der Waals surface area contributed by atoms with Crippen molar-refractivity contribution in [3.63, 3.8) is 0 Å². The predicted octanol–water partition coefficient (Wildman–Crippen LogP) is 3.18. The van der Waals surface area contributed by atoms with Crippen LogP contribution in [-0.4, -0.2) is 20.5 Å². The van der Waals surface area contributed by atoms with Crippen LogP contribution >= 0.6 is 0 Å². The molecule has 0 amide bonds. The molecule has 1 heterocycles. The first-order valence-electron chi connectivity index (χ1n) is 7.60. The molecule has 3 unspecified atom stereocenters. The molecular weight excluding hydrogens is 236 g/mol. The van der Waals surface area contributed by atoms with Gasteiger partial charge in [0.15, 0.2) is 0 Å². The van der Waals surface area contributed by atoms with Crippen molar-refractivity contribution in [2.24, 2.45) is 24.8 Å². The molecule has 1 saturated carbocycles. The Morgan fingerprint density at radius 1 is 1.47 bits per heavy atom. The van der Waals surface area contributed by atoms with Crippen molar-refractivity contribution in [2.75, 3.05) is 0 Å². The molecule has 0 bridgehead atoms. The van der Waals surface area contributed by atoms with E-state index in [1.165, 1.54) is 18.4 Å². The summed E-state index contributed by atoms with van der Waals surface area (Å²) in [5.74, 6) is 1.65. The third kappa shape index (κ3) is 3.38. The minimum atomic E-state index is -0.484. The van der Waals surface area contributed by atoms with E-state index in [2.05, 4.69) is 32.1 Å². The Morgan fingerprint density at radius 3 is 2.79 bits per heavy atom. The number of rotatable bonds is 4. The molecule has 1 aliphatic rings. The van der Waals surface area contributed by atoms with Crippen LogP contribution in [0.2, 0.25) is 0 Å². The van der Waals surface area contributed by atoms with Gasteiger partial charge >= 0.3 is 0 Å². The van der Waals surface area contributed by atoms with Gasteiger partial charge in [-0.15, -0.1) is 0 Å². The van der Waals surface area contributed by atoms with Crippen LogP contribution in [0.5, 0.6) is 0 Å². The molecule has 3 nitrogen and oxygen atoms in total. The van der Waals surface area contributed by atoms with Gasteiger partial charge in [0.05, 0.1) is 11.8 Å². The molecule has 3 atom stereocenters. The highest BCUT2D eigenvalue weighted by Gasteiger charge is 2.42. The fourth-order valence-corrected chi connectivity index (χ4v) is 3.79. The minimum absolute atomic E-state index is 0.445. The topological polar surface area (TPSA) is 38.1 Å². The quantitative estimate of drug-likeness (QED) is 0.907. The zero-order valence-corrected chi connectivity index (χ0v) is 12.8. The largest absolute Gasteiger partial charge is 0.390 e. The highest BCUT2D eigenvalue weighted by atomic mass is 16.3. The van der Waals surface area contributed by atoms with Crippen LogP contribution in [0.15, 0.2) is 12.4 Å². The first kappa shape index (κ1) is 14.6. The van der Waals surface area contributed by atoms with E-state index in [0.29, 0.717) is 17.8 Å². The summed E-state index contributed by atoms with van der Waals surface area (Å²) in [4.78, 5) is 0. The van der Waals surface area contributed by atoms with Crippen LogP contribution in [0.4, 0.5) is 0 Å². The molecule has 0 saturated heterocycles. The summed E-state index contributed by atoms with van der Waals surface area (Å²) in [6, 6.07) is 0. The van der Waals surface area contributed by atoms with Crippen LogP contribution in [0.1, 0.15) is 52.0 Å². The summed E-state index contributed by atoms with van der Waals surface area (Å²) in [7, 11) is 1.94. The maximum Gasteiger partial charge on any atom is 0.0684 e. The van der Waals surface area contributed by atoms with Crippen LogP contribution < -0.4 is 0 Å². The molecule has 1 N–H and O–H groups in total. The second-order valence-corrected chi connectivity index (χ2v) is 6.86.